The molecule has 0 unspecified atom stereocenters. The van der Waals surface area contributed by atoms with Crippen molar-refractivity contribution in [2.24, 2.45) is 0 Å². The maximum Gasteiger partial charge on any atom is 0.232 e. The number of thioether (sulfide) groups is 1. The second-order valence-corrected chi connectivity index (χ2v) is 6.23. The fourth-order valence-corrected chi connectivity index (χ4v) is 2.97. The monoisotopic (exact) mass is 320 g/mol. The van der Waals surface area contributed by atoms with Crippen molar-refractivity contribution in [2.45, 2.75) is 11.4 Å². The highest BCUT2D eigenvalue weighted by Gasteiger charge is 2.10. The van der Waals surface area contributed by atoms with Gasteiger partial charge in [-0.05, 0) is 35.9 Å². The van der Waals surface area contributed by atoms with E-state index in [2.05, 4.69) is 0 Å². The summed E-state index contributed by atoms with van der Waals surface area (Å²) in [5, 5.41) is 0.683. The van der Waals surface area contributed by atoms with E-state index in [4.69, 9.17) is 17.3 Å². The minimum atomic E-state index is 0.0717. The van der Waals surface area contributed by atoms with E-state index in [0.717, 1.165) is 10.5 Å². The van der Waals surface area contributed by atoms with Crippen LogP contribution in [-0.4, -0.2) is 23.6 Å². The number of rotatable bonds is 5. The predicted octanol–water partition coefficient (Wildman–Crippen LogP) is 3.67. The van der Waals surface area contributed by atoms with Gasteiger partial charge in [0.15, 0.2) is 0 Å². The summed E-state index contributed by atoms with van der Waals surface area (Å²) in [6, 6.07) is 15.1. The van der Waals surface area contributed by atoms with Crippen molar-refractivity contribution in [3.8, 4) is 0 Å². The normalized spacial score (nSPS) is 10.4. The van der Waals surface area contributed by atoms with E-state index in [1.165, 1.54) is 11.8 Å². The molecule has 2 N–H and O–H groups in total. The molecule has 3 nitrogen and oxygen atoms in total. The van der Waals surface area contributed by atoms with Crippen LogP contribution in [0, 0.1) is 0 Å². The van der Waals surface area contributed by atoms with Crippen LogP contribution in [0.5, 0.6) is 0 Å². The smallest absolute Gasteiger partial charge is 0.232 e. The van der Waals surface area contributed by atoms with Crippen LogP contribution in [0.2, 0.25) is 5.02 Å². The van der Waals surface area contributed by atoms with E-state index in [9.17, 15) is 4.79 Å². The largest absolute Gasteiger partial charge is 0.399 e. The van der Waals surface area contributed by atoms with Crippen molar-refractivity contribution < 1.29 is 4.79 Å². The van der Waals surface area contributed by atoms with Crippen LogP contribution in [-0.2, 0) is 11.3 Å². The number of carbonyl (C=O) groups is 1. The number of nitrogens with zero attached hydrogens (tertiary/aromatic N) is 1. The Hall–Kier alpha value is -1.65. The van der Waals surface area contributed by atoms with Crippen molar-refractivity contribution >= 4 is 35.0 Å². The Morgan fingerprint density at radius 1 is 1.24 bits per heavy atom. The molecule has 0 aliphatic rings. The second-order valence-electron chi connectivity index (χ2n) is 4.74. The third kappa shape index (κ3) is 4.99. The summed E-state index contributed by atoms with van der Waals surface area (Å²) in [6.07, 6.45) is 0. The summed E-state index contributed by atoms with van der Waals surface area (Å²) in [4.78, 5) is 14.8. The molecule has 0 saturated carbocycles. The van der Waals surface area contributed by atoms with Crippen LogP contribution in [0.15, 0.2) is 53.4 Å². The van der Waals surface area contributed by atoms with Gasteiger partial charge in [-0.15, -0.1) is 11.8 Å². The number of anilines is 1. The fraction of sp³-hybridized carbons (Fsp3) is 0.188. The van der Waals surface area contributed by atoms with Gasteiger partial charge in [0.1, 0.15) is 0 Å². The zero-order valence-corrected chi connectivity index (χ0v) is 13.3. The molecule has 0 atom stereocenters. The molecule has 2 aromatic rings. The fourth-order valence-electron chi connectivity index (χ4n) is 1.86. The van der Waals surface area contributed by atoms with Gasteiger partial charge >= 0.3 is 0 Å². The third-order valence-corrected chi connectivity index (χ3v) is 4.17. The van der Waals surface area contributed by atoms with Gasteiger partial charge in [-0.2, -0.15) is 0 Å². The highest BCUT2D eigenvalue weighted by molar-refractivity contribution is 8.00. The zero-order chi connectivity index (χ0) is 15.2. The molecule has 21 heavy (non-hydrogen) atoms. The number of hydrogen-bond acceptors (Lipinski definition) is 3. The summed E-state index contributed by atoms with van der Waals surface area (Å²) < 4.78 is 0. The van der Waals surface area contributed by atoms with E-state index in [1.54, 1.807) is 11.9 Å². The number of amides is 1. The minimum Gasteiger partial charge on any atom is -0.399 e. The van der Waals surface area contributed by atoms with Crippen molar-refractivity contribution in [1.82, 2.24) is 4.90 Å². The molecular formula is C16H17ClN2OS. The first-order chi connectivity index (χ1) is 10.0. The molecule has 2 rings (SSSR count). The molecule has 0 fully saturated rings. The third-order valence-electron chi connectivity index (χ3n) is 2.95. The standard InChI is InChI=1S/C16H17ClN2OS/c1-19(10-12-4-2-5-13(17)8-12)16(20)11-21-15-7-3-6-14(18)9-15/h2-9H,10-11,18H2,1H3. The maximum absolute atomic E-state index is 12.1. The van der Waals surface area contributed by atoms with Crippen molar-refractivity contribution in [3.63, 3.8) is 0 Å². The molecular weight excluding hydrogens is 304 g/mol. The van der Waals surface area contributed by atoms with Gasteiger partial charge in [-0.1, -0.05) is 29.8 Å². The number of nitrogens with two attached hydrogens (primary N) is 1. The van der Waals surface area contributed by atoms with Crippen LogP contribution >= 0.6 is 23.4 Å². The highest BCUT2D eigenvalue weighted by Crippen LogP contribution is 2.20. The summed E-state index contributed by atoms with van der Waals surface area (Å²) >= 11 is 7.43. The van der Waals surface area contributed by atoms with E-state index in [0.29, 0.717) is 23.0 Å². The topological polar surface area (TPSA) is 46.3 Å². The maximum atomic E-state index is 12.1. The average molecular weight is 321 g/mol. The average Bonchev–Trinajstić information content (AvgIpc) is 2.45. The van der Waals surface area contributed by atoms with Crippen LogP contribution in [0.25, 0.3) is 0 Å². The van der Waals surface area contributed by atoms with Crippen molar-refractivity contribution in [2.75, 3.05) is 18.5 Å². The van der Waals surface area contributed by atoms with E-state index < -0.39 is 0 Å². The molecule has 0 spiro atoms. The summed E-state index contributed by atoms with van der Waals surface area (Å²) in [6.45, 7) is 0.552. The molecule has 0 bridgehead atoms. The molecule has 0 radical (unpaired) electrons. The van der Waals surface area contributed by atoms with Gasteiger partial charge in [0.05, 0.1) is 5.75 Å². The summed E-state index contributed by atoms with van der Waals surface area (Å²) in [5.74, 6) is 0.461. The van der Waals surface area contributed by atoms with Gasteiger partial charge in [-0.3, -0.25) is 4.79 Å². The second kappa shape index (κ2) is 7.38. The first kappa shape index (κ1) is 15.7. The molecule has 5 heteroatoms. The lowest BCUT2D eigenvalue weighted by Crippen LogP contribution is -2.27. The molecule has 0 aliphatic heterocycles. The van der Waals surface area contributed by atoms with Gasteiger partial charge in [-0.25, -0.2) is 0 Å². The first-order valence-corrected chi connectivity index (χ1v) is 7.88. The van der Waals surface area contributed by atoms with E-state index >= 15 is 0 Å². The van der Waals surface area contributed by atoms with Crippen molar-refractivity contribution in [1.29, 1.82) is 0 Å². The SMILES string of the molecule is CN(Cc1cccc(Cl)c1)C(=O)CSc1cccc(N)c1. The summed E-state index contributed by atoms with van der Waals surface area (Å²) in [7, 11) is 1.79. The van der Waals surface area contributed by atoms with Gasteiger partial charge < -0.3 is 10.6 Å². The number of nitrogen functional groups attached to an aromatic ring is 1. The molecule has 0 heterocycles. The number of halogens is 1. The lowest BCUT2D eigenvalue weighted by molar-refractivity contribution is -0.127. The lowest BCUT2D eigenvalue weighted by Gasteiger charge is -2.17. The Kier molecular flexibility index (Phi) is 5.53. The number of benzene rings is 2. The van der Waals surface area contributed by atoms with Crippen molar-refractivity contribution in [3.05, 3.63) is 59.1 Å². The van der Waals surface area contributed by atoms with Gasteiger partial charge in [0.25, 0.3) is 0 Å². The number of hydrogen-bond donors (Lipinski definition) is 1. The Morgan fingerprint density at radius 3 is 2.71 bits per heavy atom. The summed E-state index contributed by atoms with van der Waals surface area (Å²) in [5.41, 5.74) is 7.45. The Labute approximate surface area is 134 Å². The molecule has 1 amide bonds. The van der Waals surface area contributed by atoms with Gasteiger partial charge in [0, 0.05) is 29.2 Å². The quantitative estimate of drug-likeness (QED) is 0.675. The van der Waals surface area contributed by atoms with Crippen LogP contribution in [0.3, 0.4) is 0 Å². The van der Waals surface area contributed by atoms with Crippen LogP contribution in [0.1, 0.15) is 5.56 Å². The van der Waals surface area contributed by atoms with Crippen LogP contribution in [0.4, 0.5) is 5.69 Å². The zero-order valence-electron chi connectivity index (χ0n) is 11.8. The first-order valence-electron chi connectivity index (χ1n) is 6.51. The van der Waals surface area contributed by atoms with E-state index in [1.807, 2.05) is 48.5 Å². The Bertz CT molecular complexity index is 633. The Balaban J connectivity index is 1.88. The molecule has 2 aromatic carbocycles. The molecule has 0 aliphatic carbocycles. The van der Waals surface area contributed by atoms with Gasteiger partial charge in [0.2, 0.25) is 5.91 Å². The molecule has 0 saturated heterocycles. The minimum absolute atomic E-state index is 0.0717. The highest BCUT2D eigenvalue weighted by atomic mass is 35.5. The molecule has 110 valence electrons. The van der Waals surface area contributed by atoms with Crippen LogP contribution < -0.4 is 5.73 Å². The molecule has 0 aromatic heterocycles. The Morgan fingerprint density at radius 2 is 2.00 bits per heavy atom. The number of carbonyl (C=O) groups excluding carboxylic acids is 1. The predicted molar refractivity (Wildman–Crippen MR) is 89.5 cm³/mol. The lowest BCUT2D eigenvalue weighted by atomic mass is 10.2. The van der Waals surface area contributed by atoms with E-state index in [-0.39, 0.29) is 5.91 Å².